The first-order valence-electron chi connectivity index (χ1n) is 6.81. The molecule has 1 atom stereocenters. The lowest BCUT2D eigenvalue weighted by Crippen LogP contribution is -2.50. The van der Waals surface area contributed by atoms with Gasteiger partial charge in [0.1, 0.15) is 5.69 Å². The normalized spacial score (nSPS) is 11.7. The molecule has 1 amide bonds. The predicted molar refractivity (Wildman–Crippen MR) is 89.4 cm³/mol. The van der Waals surface area contributed by atoms with E-state index in [1.807, 2.05) is 37.3 Å². The SMILES string of the molecule is COC[C@H](C)NC(=S)NNC(=O)c1ccc2ccccc2n1. The number of amides is 1. The predicted octanol–water partition coefficient (Wildman–Crippen LogP) is 1.38. The summed E-state index contributed by atoms with van der Waals surface area (Å²) in [6, 6.07) is 11.2. The number of thiocarbonyl (C=S) groups is 1. The van der Waals surface area contributed by atoms with E-state index in [1.165, 1.54) is 0 Å². The number of hydrogen-bond acceptors (Lipinski definition) is 4. The molecule has 0 saturated carbocycles. The molecular formula is C15H18N4O2S. The van der Waals surface area contributed by atoms with Gasteiger partial charge >= 0.3 is 0 Å². The fourth-order valence-electron chi connectivity index (χ4n) is 1.92. The number of hydrazine groups is 1. The second-order valence-electron chi connectivity index (χ2n) is 4.80. The van der Waals surface area contributed by atoms with Crippen LogP contribution in [0.25, 0.3) is 10.9 Å². The second-order valence-corrected chi connectivity index (χ2v) is 5.21. The van der Waals surface area contributed by atoms with Gasteiger partial charge in [-0.1, -0.05) is 24.3 Å². The number of nitrogens with one attached hydrogen (secondary N) is 3. The Morgan fingerprint density at radius 3 is 2.82 bits per heavy atom. The average Bonchev–Trinajstić information content (AvgIpc) is 2.52. The first-order chi connectivity index (χ1) is 10.6. The van der Waals surface area contributed by atoms with Crippen LogP contribution in [0.5, 0.6) is 0 Å². The number of rotatable bonds is 4. The van der Waals surface area contributed by atoms with Crippen LogP contribution >= 0.6 is 12.2 Å². The van der Waals surface area contributed by atoms with E-state index in [2.05, 4.69) is 21.2 Å². The summed E-state index contributed by atoms with van der Waals surface area (Å²) >= 11 is 5.08. The van der Waals surface area contributed by atoms with Gasteiger partial charge < -0.3 is 10.1 Å². The lowest BCUT2D eigenvalue weighted by Gasteiger charge is -2.16. The van der Waals surface area contributed by atoms with E-state index in [0.717, 1.165) is 10.9 Å². The average molecular weight is 318 g/mol. The fourth-order valence-corrected chi connectivity index (χ4v) is 2.17. The number of ether oxygens (including phenoxy) is 1. The van der Waals surface area contributed by atoms with Crippen LogP contribution in [0, 0.1) is 0 Å². The minimum absolute atomic E-state index is 0.0423. The number of hydrogen-bond donors (Lipinski definition) is 3. The quantitative estimate of drug-likeness (QED) is 0.584. The van der Waals surface area contributed by atoms with Gasteiger partial charge in [-0.3, -0.25) is 15.6 Å². The zero-order valence-electron chi connectivity index (χ0n) is 12.4. The summed E-state index contributed by atoms with van der Waals surface area (Å²) in [5.74, 6) is -0.353. The molecular weight excluding hydrogens is 300 g/mol. The highest BCUT2D eigenvalue weighted by atomic mass is 32.1. The molecule has 3 N–H and O–H groups in total. The second kappa shape index (κ2) is 7.67. The molecule has 0 fully saturated rings. The van der Waals surface area contributed by atoms with E-state index >= 15 is 0 Å². The van der Waals surface area contributed by atoms with E-state index in [0.29, 0.717) is 17.4 Å². The summed E-state index contributed by atoms with van der Waals surface area (Å²) in [4.78, 5) is 16.4. The highest BCUT2D eigenvalue weighted by Gasteiger charge is 2.09. The maximum Gasteiger partial charge on any atom is 0.288 e. The molecule has 1 heterocycles. The van der Waals surface area contributed by atoms with Crippen LogP contribution in [0.3, 0.4) is 0 Å². The molecule has 2 aromatic rings. The van der Waals surface area contributed by atoms with E-state index in [-0.39, 0.29) is 11.9 Å². The van der Waals surface area contributed by atoms with Gasteiger partial charge in [-0.15, -0.1) is 0 Å². The van der Waals surface area contributed by atoms with Crippen molar-refractivity contribution < 1.29 is 9.53 Å². The summed E-state index contributed by atoms with van der Waals surface area (Å²) in [6.07, 6.45) is 0. The molecule has 1 aromatic heterocycles. The zero-order chi connectivity index (χ0) is 15.9. The first-order valence-corrected chi connectivity index (χ1v) is 7.22. The molecule has 7 heteroatoms. The van der Waals surface area contributed by atoms with Crippen LogP contribution in [0.2, 0.25) is 0 Å². The molecule has 0 aliphatic heterocycles. The number of fused-ring (bicyclic) bond motifs is 1. The number of aromatic nitrogens is 1. The van der Waals surface area contributed by atoms with Crippen molar-refractivity contribution in [1.29, 1.82) is 0 Å². The minimum atomic E-state index is -0.353. The Labute approximate surface area is 134 Å². The fraction of sp³-hybridized carbons (Fsp3) is 0.267. The summed E-state index contributed by atoms with van der Waals surface area (Å²) in [6.45, 7) is 2.44. The van der Waals surface area contributed by atoms with Crippen molar-refractivity contribution in [2.24, 2.45) is 0 Å². The van der Waals surface area contributed by atoms with E-state index in [1.54, 1.807) is 13.2 Å². The molecule has 0 unspecified atom stereocenters. The standard InChI is InChI=1S/C15H18N4O2S/c1-10(9-21-2)16-15(22)19-18-14(20)13-8-7-11-5-3-4-6-12(11)17-13/h3-8,10H,9H2,1-2H3,(H,18,20)(H2,16,19,22)/t10-/m0/s1. The number of pyridine rings is 1. The number of carbonyl (C=O) groups excluding carboxylic acids is 1. The molecule has 2 rings (SSSR count). The van der Waals surface area contributed by atoms with Crippen molar-refractivity contribution in [2.45, 2.75) is 13.0 Å². The van der Waals surface area contributed by atoms with E-state index in [4.69, 9.17) is 17.0 Å². The molecule has 0 saturated heterocycles. The number of para-hydroxylation sites is 1. The van der Waals surface area contributed by atoms with Crippen molar-refractivity contribution in [1.82, 2.24) is 21.2 Å². The Kier molecular flexibility index (Phi) is 5.62. The van der Waals surface area contributed by atoms with Crippen LogP contribution in [-0.2, 0) is 4.74 Å². The van der Waals surface area contributed by atoms with Crippen LogP contribution in [0.15, 0.2) is 36.4 Å². The topological polar surface area (TPSA) is 75.3 Å². The summed E-state index contributed by atoms with van der Waals surface area (Å²) < 4.78 is 4.99. The van der Waals surface area contributed by atoms with Gasteiger partial charge in [-0.25, -0.2) is 4.98 Å². The van der Waals surface area contributed by atoms with Gasteiger partial charge in [0.2, 0.25) is 0 Å². The smallest absolute Gasteiger partial charge is 0.288 e. The van der Waals surface area contributed by atoms with Gasteiger partial charge in [0, 0.05) is 18.5 Å². The van der Waals surface area contributed by atoms with Crippen LogP contribution in [0.1, 0.15) is 17.4 Å². The van der Waals surface area contributed by atoms with Crippen molar-refractivity contribution >= 4 is 34.1 Å². The first kappa shape index (κ1) is 16.1. The summed E-state index contributed by atoms with van der Waals surface area (Å²) in [5, 5.41) is 4.28. The molecule has 0 bridgehead atoms. The summed E-state index contributed by atoms with van der Waals surface area (Å²) in [5.41, 5.74) is 6.25. The number of benzene rings is 1. The largest absolute Gasteiger partial charge is 0.383 e. The molecule has 0 spiro atoms. The van der Waals surface area contributed by atoms with Crippen LogP contribution in [0.4, 0.5) is 0 Å². The molecule has 0 aliphatic rings. The number of carbonyl (C=O) groups is 1. The Hall–Kier alpha value is -2.25. The maximum atomic E-state index is 12.1. The number of methoxy groups -OCH3 is 1. The molecule has 6 nitrogen and oxygen atoms in total. The van der Waals surface area contributed by atoms with Crippen molar-refractivity contribution in [3.8, 4) is 0 Å². The van der Waals surface area contributed by atoms with Crippen LogP contribution in [-0.4, -0.2) is 35.8 Å². The van der Waals surface area contributed by atoms with Crippen molar-refractivity contribution in [3.05, 3.63) is 42.1 Å². The lowest BCUT2D eigenvalue weighted by molar-refractivity contribution is 0.0938. The van der Waals surface area contributed by atoms with Crippen LogP contribution < -0.4 is 16.2 Å². The van der Waals surface area contributed by atoms with Gasteiger partial charge in [-0.05, 0) is 31.3 Å². The zero-order valence-corrected chi connectivity index (χ0v) is 13.2. The Morgan fingerprint density at radius 1 is 1.27 bits per heavy atom. The maximum absolute atomic E-state index is 12.1. The van der Waals surface area contributed by atoms with Gasteiger partial charge in [-0.2, -0.15) is 0 Å². The monoisotopic (exact) mass is 318 g/mol. The third kappa shape index (κ3) is 4.37. The van der Waals surface area contributed by atoms with Crippen molar-refractivity contribution in [2.75, 3.05) is 13.7 Å². The Bertz CT molecular complexity index is 677. The van der Waals surface area contributed by atoms with Gasteiger partial charge in [0.15, 0.2) is 5.11 Å². The molecule has 22 heavy (non-hydrogen) atoms. The lowest BCUT2D eigenvalue weighted by atomic mass is 10.2. The third-order valence-electron chi connectivity index (χ3n) is 2.91. The molecule has 0 aliphatic carbocycles. The highest BCUT2D eigenvalue weighted by Crippen LogP contribution is 2.11. The summed E-state index contributed by atoms with van der Waals surface area (Å²) in [7, 11) is 1.61. The third-order valence-corrected chi connectivity index (χ3v) is 3.13. The number of nitrogens with zero attached hydrogens (tertiary/aromatic N) is 1. The highest BCUT2D eigenvalue weighted by molar-refractivity contribution is 7.80. The molecule has 116 valence electrons. The van der Waals surface area contributed by atoms with E-state index < -0.39 is 0 Å². The minimum Gasteiger partial charge on any atom is -0.383 e. The van der Waals surface area contributed by atoms with Gasteiger partial charge in [0.05, 0.1) is 12.1 Å². The van der Waals surface area contributed by atoms with Crippen molar-refractivity contribution in [3.63, 3.8) is 0 Å². The molecule has 1 aromatic carbocycles. The Morgan fingerprint density at radius 2 is 2.05 bits per heavy atom. The van der Waals surface area contributed by atoms with Gasteiger partial charge in [0.25, 0.3) is 5.91 Å². The molecule has 0 radical (unpaired) electrons. The van der Waals surface area contributed by atoms with E-state index in [9.17, 15) is 4.79 Å². The Balaban J connectivity index is 1.92.